The van der Waals surface area contributed by atoms with E-state index in [0.29, 0.717) is 5.56 Å². The highest BCUT2D eigenvalue weighted by molar-refractivity contribution is 5.94. The highest BCUT2D eigenvalue weighted by Gasteiger charge is 2.46. The van der Waals surface area contributed by atoms with Crippen LogP contribution in [-0.2, 0) is 17.7 Å². The number of fused-ring (bicyclic) bond motifs is 1. The van der Waals surface area contributed by atoms with Crippen LogP contribution >= 0.6 is 0 Å². The van der Waals surface area contributed by atoms with Crippen molar-refractivity contribution in [3.63, 3.8) is 0 Å². The first-order valence-electron chi connectivity index (χ1n) is 10.8. The van der Waals surface area contributed by atoms with Crippen molar-refractivity contribution in [1.82, 2.24) is 10.2 Å². The van der Waals surface area contributed by atoms with E-state index in [9.17, 15) is 15.0 Å². The monoisotopic (exact) mass is 425 g/mol. The van der Waals surface area contributed by atoms with E-state index < -0.39 is 18.3 Å². The van der Waals surface area contributed by atoms with E-state index >= 15 is 0 Å². The molecule has 2 heterocycles. The van der Waals surface area contributed by atoms with Crippen LogP contribution in [0.5, 0.6) is 0 Å². The smallest absolute Gasteiger partial charge is 0.251 e. The maximum absolute atomic E-state index is 12.7. The topological polar surface area (TPSA) is 85.3 Å². The molecule has 2 aromatic rings. The second-order valence-corrected chi connectivity index (χ2v) is 8.52. The van der Waals surface area contributed by atoms with Gasteiger partial charge in [-0.2, -0.15) is 0 Å². The van der Waals surface area contributed by atoms with E-state index in [1.165, 1.54) is 11.1 Å². The minimum atomic E-state index is -0.809. The first-order valence-corrected chi connectivity index (χ1v) is 10.8. The maximum Gasteiger partial charge on any atom is 0.251 e. The summed E-state index contributed by atoms with van der Waals surface area (Å²) in [5.74, 6) is -0.182. The Morgan fingerprint density at radius 2 is 1.84 bits per heavy atom. The minimum Gasteiger partial charge on any atom is -0.394 e. The predicted molar refractivity (Wildman–Crippen MR) is 119 cm³/mol. The van der Waals surface area contributed by atoms with Crippen LogP contribution in [0, 0.1) is 0 Å². The molecule has 2 aliphatic heterocycles. The van der Waals surface area contributed by atoms with E-state index in [0.717, 1.165) is 25.2 Å². The molecule has 0 radical (unpaired) electrons. The SMILES string of the molecule is CN(C)c1ccc(C(=O)NC[C@@H]2O[C@@H](CO)[C@@H](O)[C@H]2N2CCc3ccccc3C2)cc1. The Kier molecular flexibility index (Phi) is 6.57. The van der Waals surface area contributed by atoms with Gasteiger partial charge in [0.2, 0.25) is 0 Å². The van der Waals surface area contributed by atoms with Gasteiger partial charge in [-0.05, 0) is 41.8 Å². The molecule has 3 N–H and O–H groups in total. The number of hydrogen-bond acceptors (Lipinski definition) is 6. The van der Waals surface area contributed by atoms with Crippen LogP contribution in [0.1, 0.15) is 21.5 Å². The summed E-state index contributed by atoms with van der Waals surface area (Å²) in [6.07, 6.45) is -0.956. The molecule has 0 spiro atoms. The molecule has 2 aromatic carbocycles. The summed E-state index contributed by atoms with van der Waals surface area (Å²) in [5.41, 5.74) is 4.18. The molecule has 1 fully saturated rings. The number of carbonyl (C=O) groups is 1. The third kappa shape index (κ3) is 4.60. The fourth-order valence-electron chi connectivity index (χ4n) is 4.57. The Balaban J connectivity index is 1.44. The molecule has 0 saturated carbocycles. The molecule has 0 unspecified atom stereocenters. The lowest BCUT2D eigenvalue weighted by molar-refractivity contribution is -0.0209. The average molecular weight is 426 g/mol. The van der Waals surface area contributed by atoms with E-state index in [1.807, 2.05) is 43.3 Å². The zero-order valence-electron chi connectivity index (χ0n) is 18.1. The quantitative estimate of drug-likeness (QED) is 0.641. The summed E-state index contributed by atoms with van der Waals surface area (Å²) in [7, 11) is 3.91. The Labute approximate surface area is 183 Å². The molecule has 7 heteroatoms. The van der Waals surface area contributed by atoms with Gasteiger partial charge in [-0.25, -0.2) is 0 Å². The fourth-order valence-corrected chi connectivity index (χ4v) is 4.57. The molecule has 166 valence electrons. The van der Waals surface area contributed by atoms with Gasteiger partial charge in [0, 0.05) is 45.0 Å². The Hall–Kier alpha value is -2.45. The first kappa shape index (κ1) is 21.8. The van der Waals surface area contributed by atoms with Gasteiger partial charge in [0.25, 0.3) is 5.91 Å². The molecule has 4 rings (SSSR count). The van der Waals surface area contributed by atoms with Gasteiger partial charge in [0.1, 0.15) is 12.2 Å². The lowest BCUT2D eigenvalue weighted by Gasteiger charge is -2.37. The Morgan fingerprint density at radius 3 is 2.52 bits per heavy atom. The molecule has 0 aliphatic carbocycles. The normalized spacial score (nSPS) is 25.8. The fraction of sp³-hybridized carbons (Fsp3) is 0.458. The highest BCUT2D eigenvalue weighted by Crippen LogP contribution is 2.30. The van der Waals surface area contributed by atoms with Crippen molar-refractivity contribution in [2.45, 2.75) is 37.3 Å². The van der Waals surface area contributed by atoms with Gasteiger partial charge in [-0.3, -0.25) is 9.69 Å². The van der Waals surface area contributed by atoms with E-state index in [4.69, 9.17) is 4.74 Å². The number of rotatable bonds is 6. The van der Waals surface area contributed by atoms with Crippen molar-refractivity contribution < 1.29 is 19.7 Å². The number of carbonyl (C=O) groups excluding carboxylic acids is 1. The van der Waals surface area contributed by atoms with Crippen molar-refractivity contribution in [3.05, 3.63) is 65.2 Å². The van der Waals surface area contributed by atoms with Crippen molar-refractivity contribution in [2.75, 3.05) is 38.7 Å². The standard InChI is InChI=1S/C24H31N3O4/c1-26(2)19-9-7-17(8-10-19)24(30)25-13-20-22(23(29)21(15-28)31-20)27-12-11-16-5-3-4-6-18(16)14-27/h3-10,20-23,28-29H,11-15H2,1-2H3,(H,25,30)/t20-,21-,22-,23+/m0/s1. The molecular weight excluding hydrogens is 394 g/mol. The number of anilines is 1. The molecule has 31 heavy (non-hydrogen) atoms. The van der Waals surface area contributed by atoms with E-state index in [2.05, 4.69) is 22.3 Å². The zero-order valence-corrected chi connectivity index (χ0v) is 18.1. The molecule has 4 atom stereocenters. The summed E-state index contributed by atoms with van der Waals surface area (Å²) in [4.78, 5) is 16.8. The molecule has 1 saturated heterocycles. The summed E-state index contributed by atoms with van der Waals surface area (Å²) >= 11 is 0. The van der Waals surface area contributed by atoms with Gasteiger partial charge in [0.15, 0.2) is 0 Å². The number of aliphatic hydroxyl groups is 2. The molecule has 0 bridgehead atoms. The van der Waals surface area contributed by atoms with Crippen molar-refractivity contribution in [3.8, 4) is 0 Å². The minimum absolute atomic E-state index is 0.182. The van der Waals surface area contributed by atoms with Crippen LogP contribution < -0.4 is 10.2 Å². The van der Waals surface area contributed by atoms with E-state index in [1.54, 1.807) is 12.1 Å². The summed E-state index contributed by atoms with van der Waals surface area (Å²) in [6, 6.07) is 15.4. The summed E-state index contributed by atoms with van der Waals surface area (Å²) in [5, 5.41) is 23.4. The van der Waals surface area contributed by atoms with Crippen LogP contribution in [0.3, 0.4) is 0 Å². The zero-order chi connectivity index (χ0) is 22.0. The number of hydrogen-bond donors (Lipinski definition) is 3. The lowest BCUT2D eigenvalue weighted by atomic mass is 9.95. The van der Waals surface area contributed by atoms with Crippen molar-refractivity contribution >= 4 is 11.6 Å². The molecule has 2 aliphatic rings. The molecular formula is C24H31N3O4. The van der Waals surface area contributed by atoms with E-state index in [-0.39, 0.29) is 25.1 Å². The predicted octanol–water partition coefficient (Wildman–Crippen LogP) is 1.03. The van der Waals surface area contributed by atoms with Gasteiger partial charge in [-0.1, -0.05) is 24.3 Å². The van der Waals surface area contributed by atoms with Crippen LogP contribution in [-0.4, -0.2) is 79.2 Å². The second kappa shape index (κ2) is 9.36. The van der Waals surface area contributed by atoms with Gasteiger partial charge in [0.05, 0.1) is 18.8 Å². The van der Waals surface area contributed by atoms with Crippen molar-refractivity contribution in [2.24, 2.45) is 0 Å². The van der Waals surface area contributed by atoms with Crippen LogP contribution in [0.2, 0.25) is 0 Å². The van der Waals surface area contributed by atoms with Crippen LogP contribution in [0.25, 0.3) is 0 Å². The summed E-state index contributed by atoms with van der Waals surface area (Å²) < 4.78 is 5.95. The second-order valence-electron chi connectivity index (χ2n) is 8.52. The van der Waals surface area contributed by atoms with Gasteiger partial charge < -0.3 is 25.2 Å². The van der Waals surface area contributed by atoms with Gasteiger partial charge in [-0.15, -0.1) is 0 Å². The average Bonchev–Trinajstić information content (AvgIpc) is 3.12. The number of benzene rings is 2. The largest absolute Gasteiger partial charge is 0.394 e. The first-order chi connectivity index (χ1) is 15.0. The number of nitrogens with zero attached hydrogens (tertiary/aromatic N) is 2. The molecule has 7 nitrogen and oxygen atoms in total. The lowest BCUT2D eigenvalue weighted by Crippen LogP contribution is -2.52. The Bertz CT molecular complexity index is 902. The molecule has 0 aromatic heterocycles. The molecule has 1 amide bonds. The highest BCUT2D eigenvalue weighted by atomic mass is 16.5. The van der Waals surface area contributed by atoms with Crippen LogP contribution in [0.15, 0.2) is 48.5 Å². The maximum atomic E-state index is 12.7. The number of ether oxygens (including phenoxy) is 1. The number of nitrogens with one attached hydrogen (secondary N) is 1. The van der Waals surface area contributed by atoms with Crippen molar-refractivity contribution in [1.29, 1.82) is 0 Å². The summed E-state index contributed by atoms with van der Waals surface area (Å²) in [6.45, 7) is 1.54. The third-order valence-corrected chi connectivity index (χ3v) is 6.33. The third-order valence-electron chi connectivity index (χ3n) is 6.33. The van der Waals surface area contributed by atoms with Gasteiger partial charge >= 0.3 is 0 Å². The Morgan fingerprint density at radius 1 is 1.13 bits per heavy atom. The van der Waals surface area contributed by atoms with Crippen LogP contribution in [0.4, 0.5) is 5.69 Å². The number of amides is 1. The number of aliphatic hydroxyl groups excluding tert-OH is 2.